The van der Waals surface area contributed by atoms with Gasteiger partial charge in [-0.15, -0.1) is 0 Å². The molecule has 1 saturated heterocycles. The Balaban J connectivity index is 1.27. The number of hydrogen-bond acceptors (Lipinski definition) is 6. The van der Waals surface area contributed by atoms with Crippen LogP contribution in [0.5, 0.6) is 5.75 Å². The van der Waals surface area contributed by atoms with E-state index in [4.69, 9.17) is 14.5 Å². The minimum absolute atomic E-state index is 0.0326. The summed E-state index contributed by atoms with van der Waals surface area (Å²) in [7, 11) is 0. The Kier molecular flexibility index (Phi) is 7.16. The third-order valence-electron chi connectivity index (χ3n) is 7.67. The molecule has 2 aliphatic rings. The molecule has 0 aliphatic carbocycles. The number of pyridine rings is 1. The number of halogens is 3. The number of carbonyl (C=O) groups is 1. The molecule has 0 spiro atoms. The monoisotopic (exact) mass is 566 g/mol. The molecule has 214 valence electrons. The van der Waals surface area contributed by atoms with Crippen LogP contribution in [0.4, 0.5) is 13.2 Å². The van der Waals surface area contributed by atoms with Gasteiger partial charge in [0, 0.05) is 25.9 Å². The first kappa shape index (κ1) is 27.2. The van der Waals surface area contributed by atoms with Crippen LogP contribution in [0, 0.1) is 6.92 Å². The largest absolute Gasteiger partial charge is 0.487 e. The summed E-state index contributed by atoms with van der Waals surface area (Å²) in [5.74, 6) is -0.463. The molecule has 0 bridgehead atoms. The van der Waals surface area contributed by atoms with Gasteiger partial charge in [-0.2, -0.15) is 13.2 Å². The number of fused-ring (bicyclic) bond motifs is 2. The molecular weight excluding hydrogens is 537 g/mol. The summed E-state index contributed by atoms with van der Waals surface area (Å²) in [4.78, 5) is 22.8. The van der Waals surface area contributed by atoms with Crippen LogP contribution < -0.4 is 4.74 Å². The van der Waals surface area contributed by atoms with Gasteiger partial charge in [-0.3, -0.25) is 9.88 Å². The molecule has 0 saturated carbocycles. The van der Waals surface area contributed by atoms with Crippen molar-refractivity contribution in [2.45, 2.75) is 58.3 Å². The molecular formula is C30H29F3N4O4. The summed E-state index contributed by atoms with van der Waals surface area (Å²) < 4.78 is 55.2. The van der Waals surface area contributed by atoms with Gasteiger partial charge in [0.15, 0.2) is 0 Å². The van der Waals surface area contributed by atoms with E-state index in [-0.39, 0.29) is 24.0 Å². The molecule has 4 heterocycles. The molecule has 0 radical (unpaired) electrons. The number of rotatable bonds is 8. The van der Waals surface area contributed by atoms with Crippen molar-refractivity contribution in [1.29, 1.82) is 0 Å². The van der Waals surface area contributed by atoms with Crippen molar-refractivity contribution in [3.63, 3.8) is 0 Å². The number of aromatic nitrogens is 3. The maximum atomic E-state index is 14.0. The first-order valence-electron chi connectivity index (χ1n) is 13.5. The zero-order valence-electron chi connectivity index (χ0n) is 22.4. The summed E-state index contributed by atoms with van der Waals surface area (Å²) in [6, 6.07) is 11.2. The topological polar surface area (TPSA) is 89.7 Å². The zero-order chi connectivity index (χ0) is 28.7. The van der Waals surface area contributed by atoms with Crippen LogP contribution in [0.25, 0.3) is 11.0 Å². The lowest BCUT2D eigenvalue weighted by Crippen LogP contribution is -2.34. The van der Waals surface area contributed by atoms with E-state index in [0.29, 0.717) is 56.0 Å². The quantitative estimate of drug-likeness (QED) is 0.306. The number of carboxylic acid groups (broad SMARTS) is 1. The van der Waals surface area contributed by atoms with Crippen molar-refractivity contribution in [1.82, 2.24) is 19.4 Å². The zero-order valence-corrected chi connectivity index (χ0v) is 22.4. The molecule has 11 heteroatoms. The Labute approximate surface area is 234 Å². The van der Waals surface area contributed by atoms with Gasteiger partial charge in [-0.05, 0) is 72.9 Å². The molecule has 1 atom stereocenters. The SMILES string of the molecule is Cc1ccc(COc2cc3c(cc2C(F)(F)F)CCN(Cc2nc4ccc(C(=O)O)cc4n2C[C@@H]2CCO2)C3)nc1. The number of alkyl halides is 3. The number of hydrogen-bond donors (Lipinski definition) is 1. The van der Waals surface area contributed by atoms with Gasteiger partial charge in [0.1, 0.15) is 18.2 Å². The predicted octanol–water partition coefficient (Wildman–Crippen LogP) is 5.38. The van der Waals surface area contributed by atoms with Crippen LogP contribution in [0.1, 0.15) is 50.6 Å². The molecule has 2 aliphatic heterocycles. The maximum absolute atomic E-state index is 14.0. The molecule has 8 nitrogen and oxygen atoms in total. The van der Waals surface area contributed by atoms with E-state index < -0.39 is 17.7 Å². The second-order valence-electron chi connectivity index (χ2n) is 10.6. The molecule has 4 aromatic rings. The Morgan fingerprint density at radius 3 is 2.68 bits per heavy atom. The lowest BCUT2D eigenvalue weighted by molar-refractivity contribution is -0.139. The Hall–Kier alpha value is -3.96. The van der Waals surface area contributed by atoms with E-state index in [1.807, 2.05) is 17.6 Å². The molecule has 0 unspecified atom stereocenters. The van der Waals surface area contributed by atoms with Crippen molar-refractivity contribution in [3.05, 3.63) is 88.0 Å². The number of benzene rings is 2. The fraction of sp³-hybridized carbons (Fsp3) is 0.367. The van der Waals surface area contributed by atoms with E-state index >= 15 is 0 Å². The Bertz CT molecular complexity index is 1600. The van der Waals surface area contributed by atoms with Gasteiger partial charge in [-0.1, -0.05) is 6.07 Å². The highest BCUT2D eigenvalue weighted by molar-refractivity contribution is 5.92. The second-order valence-corrected chi connectivity index (χ2v) is 10.6. The summed E-state index contributed by atoms with van der Waals surface area (Å²) in [5.41, 5.74) is 3.73. The van der Waals surface area contributed by atoms with Crippen LogP contribution in [0.15, 0.2) is 48.7 Å². The van der Waals surface area contributed by atoms with Gasteiger partial charge in [0.05, 0.1) is 47.0 Å². The van der Waals surface area contributed by atoms with Gasteiger partial charge < -0.3 is 19.1 Å². The van der Waals surface area contributed by atoms with Gasteiger partial charge in [0.2, 0.25) is 0 Å². The fourth-order valence-corrected chi connectivity index (χ4v) is 5.32. The minimum Gasteiger partial charge on any atom is -0.487 e. The number of aryl methyl sites for hydroxylation is 1. The highest BCUT2D eigenvalue weighted by atomic mass is 19.4. The van der Waals surface area contributed by atoms with Gasteiger partial charge in [-0.25, -0.2) is 9.78 Å². The van der Waals surface area contributed by atoms with Gasteiger partial charge in [0.25, 0.3) is 0 Å². The number of ether oxygens (including phenoxy) is 2. The lowest BCUT2D eigenvalue weighted by Gasteiger charge is -2.31. The first-order chi connectivity index (χ1) is 19.6. The average molecular weight is 567 g/mol. The minimum atomic E-state index is -4.55. The second kappa shape index (κ2) is 10.8. The average Bonchev–Trinajstić information content (AvgIpc) is 3.25. The molecule has 1 fully saturated rings. The molecule has 2 aromatic heterocycles. The van der Waals surface area contributed by atoms with E-state index in [1.54, 1.807) is 24.4 Å². The lowest BCUT2D eigenvalue weighted by atomic mass is 9.96. The van der Waals surface area contributed by atoms with Crippen LogP contribution in [0.3, 0.4) is 0 Å². The van der Waals surface area contributed by atoms with Crippen molar-refractivity contribution in [3.8, 4) is 5.75 Å². The van der Waals surface area contributed by atoms with Crippen molar-refractivity contribution < 1.29 is 32.5 Å². The number of carboxylic acids is 1. The fourth-order valence-electron chi connectivity index (χ4n) is 5.32. The van der Waals surface area contributed by atoms with E-state index in [9.17, 15) is 23.1 Å². The normalized spacial score (nSPS) is 17.3. The van der Waals surface area contributed by atoms with Crippen LogP contribution in [-0.2, 0) is 43.6 Å². The van der Waals surface area contributed by atoms with Crippen molar-refractivity contribution in [2.24, 2.45) is 0 Å². The summed E-state index contributed by atoms with van der Waals surface area (Å²) in [6.45, 7) is 4.50. The molecule has 2 aromatic carbocycles. The molecule has 41 heavy (non-hydrogen) atoms. The van der Waals surface area contributed by atoms with Crippen LogP contribution >= 0.6 is 0 Å². The summed E-state index contributed by atoms with van der Waals surface area (Å²) in [5, 5.41) is 9.49. The predicted molar refractivity (Wildman–Crippen MR) is 144 cm³/mol. The first-order valence-corrected chi connectivity index (χ1v) is 13.5. The number of nitrogens with zero attached hydrogens (tertiary/aromatic N) is 4. The third-order valence-corrected chi connectivity index (χ3v) is 7.67. The Morgan fingerprint density at radius 1 is 1.17 bits per heavy atom. The smallest absolute Gasteiger partial charge is 0.419 e. The number of imidazole rings is 1. The van der Waals surface area contributed by atoms with E-state index in [1.165, 1.54) is 18.2 Å². The van der Waals surface area contributed by atoms with Crippen molar-refractivity contribution in [2.75, 3.05) is 13.2 Å². The van der Waals surface area contributed by atoms with Crippen LogP contribution in [-0.4, -0.2) is 49.8 Å². The summed E-state index contributed by atoms with van der Waals surface area (Å²) >= 11 is 0. The van der Waals surface area contributed by atoms with Crippen molar-refractivity contribution >= 4 is 17.0 Å². The molecule has 1 N–H and O–H groups in total. The Morgan fingerprint density at radius 2 is 2.00 bits per heavy atom. The maximum Gasteiger partial charge on any atom is 0.419 e. The third kappa shape index (κ3) is 5.77. The standard InChI is InChI=1S/C30H29F3N4O4/c1-18-2-4-22(34-13-18)17-41-27-12-21-14-36(8-6-19(21)10-24(27)30(31,32)33)16-28-35-25-5-3-20(29(38)39)11-26(25)37(28)15-23-7-9-40-23/h2-5,10-13,23H,6-9,14-17H2,1H3,(H,38,39)/t23-/m0/s1. The highest BCUT2D eigenvalue weighted by Crippen LogP contribution is 2.40. The highest BCUT2D eigenvalue weighted by Gasteiger charge is 2.36. The van der Waals surface area contributed by atoms with Crippen LogP contribution in [0.2, 0.25) is 0 Å². The van der Waals surface area contributed by atoms with Gasteiger partial charge >= 0.3 is 12.1 Å². The summed E-state index contributed by atoms with van der Waals surface area (Å²) in [6.07, 6.45) is -1.50. The van der Waals surface area contributed by atoms with E-state index in [0.717, 1.165) is 28.9 Å². The number of aromatic carboxylic acids is 1. The molecule has 6 rings (SSSR count). The van der Waals surface area contributed by atoms with E-state index in [2.05, 4.69) is 9.88 Å². The molecule has 0 amide bonds.